The summed E-state index contributed by atoms with van der Waals surface area (Å²) >= 11 is 6.94. The summed E-state index contributed by atoms with van der Waals surface area (Å²) in [5, 5.41) is 12.9. The molecule has 2 N–H and O–H groups in total. The molecule has 0 saturated carbocycles. The Morgan fingerprint density at radius 3 is 2.76 bits per heavy atom. The first kappa shape index (κ1) is 17.4. The number of aliphatic imine (C=N–C) groups is 1. The number of amidine groups is 1. The second kappa shape index (κ2) is 7.63. The molecule has 0 spiro atoms. The van der Waals surface area contributed by atoms with E-state index >= 15 is 0 Å². The van der Waals surface area contributed by atoms with E-state index in [0.29, 0.717) is 33.8 Å². The van der Waals surface area contributed by atoms with Gasteiger partial charge in [0.15, 0.2) is 11.5 Å². The number of carbonyl (C=O) groups is 1. The number of amides is 1. The molecular weight excluding hydrogens is 360 g/mol. The monoisotopic (exact) mass is 374 g/mol. The van der Waals surface area contributed by atoms with Crippen molar-refractivity contribution < 1.29 is 14.6 Å². The topological polar surface area (TPSA) is 70.9 Å². The van der Waals surface area contributed by atoms with Crippen LogP contribution in [0.2, 0.25) is 5.02 Å². The quantitative estimate of drug-likeness (QED) is 0.792. The Morgan fingerprint density at radius 2 is 2.04 bits per heavy atom. The second-order valence-corrected chi connectivity index (χ2v) is 6.57. The standard InChI is InChI=1S/C18H15ClN2O3S/c1-2-24-15-9-11(3-8-14(15)22)10-16-17(21-18(23)25-16)20-13-6-4-12(19)5-7-13/h3-10,22H,2H2,1H3,(H,20,21,23)/b16-10-. The fourth-order valence-electron chi connectivity index (χ4n) is 2.20. The molecule has 3 rings (SSSR count). The van der Waals surface area contributed by atoms with Crippen molar-refractivity contribution in [1.29, 1.82) is 0 Å². The fourth-order valence-corrected chi connectivity index (χ4v) is 3.06. The smallest absolute Gasteiger partial charge is 0.289 e. The molecule has 0 radical (unpaired) electrons. The summed E-state index contributed by atoms with van der Waals surface area (Å²) in [7, 11) is 0. The number of carbonyl (C=O) groups excluding carboxylic acids is 1. The average molecular weight is 375 g/mol. The third-order valence-electron chi connectivity index (χ3n) is 3.31. The number of phenols is 1. The van der Waals surface area contributed by atoms with Gasteiger partial charge >= 0.3 is 0 Å². The Hall–Kier alpha value is -2.44. The van der Waals surface area contributed by atoms with Gasteiger partial charge in [-0.05, 0) is 66.7 Å². The van der Waals surface area contributed by atoms with Gasteiger partial charge in [0.05, 0.1) is 17.2 Å². The lowest BCUT2D eigenvalue weighted by Gasteiger charge is -2.06. The number of hydrogen-bond donors (Lipinski definition) is 2. The highest BCUT2D eigenvalue weighted by atomic mass is 35.5. The highest BCUT2D eigenvalue weighted by Gasteiger charge is 2.23. The van der Waals surface area contributed by atoms with Gasteiger partial charge in [-0.3, -0.25) is 4.79 Å². The molecule has 0 aliphatic carbocycles. The lowest BCUT2D eigenvalue weighted by molar-refractivity contribution is 0.265. The summed E-state index contributed by atoms with van der Waals surface area (Å²) < 4.78 is 5.39. The summed E-state index contributed by atoms with van der Waals surface area (Å²) in [6.45, 7) is 2.29. The van der Waals surface area contributed by atoms with Crippen LogP contribution in [0.3, 0.4) is 0 Å². The van der Waals surface area contributed by atoms with E-state index in [1.165, 1.54) is 0 Å². The van der Waals surface area contributed by atoms with Gasteiger partial charge in [0.1, 0.15) is 5.84 Å². The highest BCUT2D eigenvalue weighted by molar-refractivity contribution is 8.18. The summed E-state index contributed by atoms with van der Waals surface area (Å²) in [6, 6.07) is 12.0. The zero-order valence-corrected chi connectivity index (χ0v) is 14.9. The molecule has 0 bridgehead atoms. The van der Waals surface area contributed by atoms with Gasteiger partial charge in [0.25, 0.3) is 5.24 Å². The van der Waals surface area contributed by atoms with Crippen molar-refractivity contribution in [3.05, 3.63) is 58.0 Å². The molecule has 1 saturated heterocycles. The lowest BCUT2D eigenvalue weighted by atomic mass is 10.2. The number of halogens is 1. The summed E-state index contributed by atoms with van der Waals surface area (Å²) in [5.74, 6) is 0.950. The van der Waals surface area contributed by atoms with E-state index in [0.717, 1.165) is 17.3 Å². The van der Waals surface area contributed by atoms with E-state index in [2.05, 4.69) is 10.3 Å². The Morgan fingerprint density at radius 1 is 1.28 bits per heavy atom. The van der Waals surface area contributed by atoms with Crippen molar-refractivity contribution in [3.63, 3.8) is 0 Å². The van der Waals surface area contributed by atoms with E-state index in [9.17, 15) is 9.90 Å². The third-order valence-corrected chi connectivity index (χ3v) is 4.38. The Balaban J connectivity index is 1.93. The van der Waals surface area contributed by atoms with Crippen LogP contribution in [0.25, 0.3) is 6.08 Å². The lowest BCUT2D eigenvalue weighted by Crippen LogP contribution is -2.18. The van der Waals surface area contributed by atoms with Gasteiger partial charge in [-0.15, -0.1) is 0 Å². The minimum Gasteiger partial charge on any atom is -0.504 e. The number of benzene rings is 2. The molecule has 1 aliphatic heterocycles. The Bertz CT molecular complexity index is 863. The number of ether oxygens (including phenoxy) is 1. The van der Waals surface area contributed by atoms with Crippen LogP contribution in [0.1, 0.15) is 12.5 Å². The molecule has 25 heavy (non-hydrogen) atoms. The van der Waals surface area contributed by atoms with Gasteiger partial charge in [-0.25, -0.2) is 4.99 Å². The normalized spacial score (nSPS) is 17.1. The molecular formula is C18H15ClN2O3S. The SMILES string of the molecule is CCOc1cc(/C=C2\SC(=O)NC2=Nc2ccc(Cl)cc2)ccc1O. The summed E-state index contributed by atoms with van der Waals surface area (Å²) in [4.78, 5) is 16.9. The van der Waals surface area contributed by atoms with Crippen molar-refractivity contribution in [2.75, 3.05) is 6.61 Å². The molecule has 1 fully saturated rings. The first-order valence-corrected chi connectivity index (χ1v) is 8.75. The number of aromatic hydroxyl groups is 1. The molecule has 0 aromatic heterocycles. The molecule has 1 amide bonds. The molecule has 7 heteroatoms. The van der Waals surface area contributed by atoms with E-state index in [-0.39, 0.29) is 11.0 Å². The highest BCUT2D eigenvalue weighted by Crippen LogP contribution is 2.32. The molecule has 1 heterocycles. The number of nitrogens with zero attached hydrogens (tertiary/aromatic N) is 1. The van der Waals surface area contributed by atoms with Gasteiger partial charge in [-0.2, -0.15) is 0 Å². The van der Waals surface area contributed by atoms with Crippen molar-refractivity contribution >= 4 is 46.2 Å². The minimum absolute atomic E-state index is 0.0762. The van der Waals surface area contributed by atoms with Gasteiger partial charge in [-0.1, -0.05) is 17.7 Å². The molecule has 2 aromatic carbocycles. The van der Waals surface area contributed by atoms with Crippen molar-refractivity contribution in [2.45, 2.75) is 6.92 Å². The fraction of sp³-hybridized carbons (Fsp3) is 0.111. The summed E-state index contributed by atoms with van der Waals surface area (Å²) in [5.41, 5.74) is 1.48. The van der Waals surface area contributed by atoms with Crippen molar-refractivity contribution in [1.82, 2.24) is 5.32 Å². The van der Waals surface area contributed by atoms with Crippen LogP contribution in [0, 0.1) is 0 Å². The van der Waals surface area contributed by atoms with Gasteiger partial charge in [0, 0.05) is 5.02 Å². The molecule has 128 valence electrons. The largest absolute Gasteiger partial charge is 0.504 e. The van der Waals surface area contributed by atoms with E-state index < -0.39 is 0 Å². The van der Waals surface area contributed by atoms with Gasteiger partial charge in [0.2, 0.25) is 0 Å². The third kappa shape index (κ3) is 4.35. The minimum atomic E-state index is -0.192. The van der Waals surface area contributed by atoms with Crippen LogP contribution in [0.15, 0.2) is 52.4 Å². The maximum absolute atomic E-state index is 11.8. The predicted octanol–water partition coefficient (Wildman–Crippen LogP) is 4.97. The van der Waals surface area contributed by atoms with E-state index in [1.54, 1.807) is 42.5 Å². The first-order valence-electron chi connectivity index (χ1n) is 7.56. The van der Waals surface area contributed by atoms with Crippen LogP contribution in [0.4, 0.5) is 10.5 Å². The van der Waals surface area contributed by atoms with Crippen molar-refractivity contribution in [3.8, 4) is 11.5 Å². The Kier molecular flexibility index (Phi) is 5.31. The first-order chi connectivity index (χ1) is 12.0. The van der Waals surface area contributed by atoms with Crippen molar-refractivity contribution in [2.24, 2.45) is 4.99 Å². The van der Waals surface area contributed by atoms with Gasteiger partial charge < -0.3 is 15.2 Å². The molecule has 0 unspecified atom stereocenters. The maximum Gasteiger partial charge on any atom is 0.289 e. The zero-order valence-electron chi connectivity index (χ0n) is 13.3. The maximum atomic E-state index is 11.8. The number of hydrogen-bond acceptors (Lipinski definition) is 5. The summed E-state index contributed by atoms with van der Waals surface area (Å²) in [6.07, 6.45) is 1.82. The van der Waals surface area contributed by atoms with Crippen LogP contribution < -0.4 is 10.1 Å². The number of nitrogens with one attached hydrogen (secondary N) is 1. The number of phenolic OH excluding ortho intramolecular Hbond substituents is 1. The zero-order chi connectivity index (χ0) is 17.8. The van der Waals surface area contributed by atoms with Crippen LogP contribution in [0.5, 0.6) is 11.5 Å². The van der Waals surface area contributed by atoms with E-state index in [1.807, 2.05) is 13.0 Å². The predicted molar refractivity (Wildman–Crippen MR) is 102 cm³/mol. The van der Waals surface area contributed by atoms with E-state index in [4.69, 9.17) is 16.3 Å². The molecule has 0 atom stereocenters. The number of thioether (sulfide) groups is 1. The van der Waals surface area contributed by atoms with Crippen LogP contribution >= 0.6 is 23.4 Å². The Labute approximate surface area is 154 Å². The molecule has 5 nitrogen and oxygen atoms in total. The second-order valence-electron chi connectivity index (χ2n) is 5.12. The molecule has 1 aliphatic rings. The molecule has 2 aromatic rings. The number of rotatable bonds is 4. The van der Waals surface area contributed by atoms with Crippen LogP contribution in [-0.2, 0) is 0 Å². The van der Waals surface area contributed by atoms with Crippen LogP contribution in [-0.4, -0.2) is 22.8 Å². The average Bonchev–Trinajstić information content (AvgIpc) is 2.92.